The topological polar surface area (TPSA) is 107 Å². The monoisotopic (exact) mass is 526 g/mol. The number of benzene rings is 3. The molecule has 0 fully saturated rings. The number of carboxylic acid groups (broad SMARTS) is 1. The zero-order chi connectivity index (χ0) is 28.2. The molecule has 0 radical (unpaired) electrons. The van der Waals surface area contributed by atoms with Crippen LogP contribution < -0.4 is 10.3 Å². The summed E-state index contributed by atoms with van der Waals surface area (Å²) in [5.41, 5.74) is 3.61. The number of nitrogens with zero attached hydrogens (tertiary/aromatic N) is 2. The summed E-state index contributed by atoms with van der Waals surface area (Å²) in [6.07, 6.45) is 2.54. The van der Waals surface area contributed by atoms with Gasteiger partial charge in [0.25, 0.3) is 0 Å². The molecule has 7 nitrogen and oxygen atoms in total. The Labute approximate surface area is 229 Å². The van der Waals surface area contributed by atoms with Crippen LogP contribution in [0, 0.1) is 0 Å². The predicted molar refractivity (Wildman–Crippen MR) is 155 cm³/mol. The molecule has 1 aliphatic rings. The minimum Gasteiger partial charge on any atom is -0.505 e. The first kappa shape index (κ1) is 27.8. The van der Waals surface area contributed by atoms with Gasteiger partial charge < -0.3 is 15.5 Å². The number of carbonyl (C=O) groups excluding carboxylic acids is 1. The van der Waals surface area contributed by atoms with Crippen molar-refractivity contribution in [2.75, 3.05) is 11.6 Å². The largest absolute Gasteiger partial charge is 0.505 e. The van der Waals surface area contributed by atoms with E-state index in [0.717, 1.165) is 6.54 Å². The van der Waals surface area contributed by atoms with Crippen molar-refractivity contribution in [3.63, 3.8) is 0 Å². The smallest absolute Gasteiger partial charge is 0.303 e. The number of fused-ring (bicyclic) bond motifs is 1. The molecule has 3 aromatic rings. The van der Waals surface area contributed by atoms with E-state index in [9.17, 15) is 14.7 Å². The molecule has 3 aromatic carbocycles. The number of hydrogen-bond acceptors (Lipinski definition) is 5. The van der Waals surface area contributed by atoms with E-state index in [1.165, 1.54) is 27.0 Å². The summed E-state index contributed by atoms with van der Waals surface area (Å²) in [5.74, 6) is -1.32. The second kappa shape index (κ2) is 11.7. The number of ketones is 1. The van der Waals surface area contributed by atoms with Crippen LogP contribution in [0.5, 0.6) is 0 Å². The Morgan fingerprint density at radius 3 is 2.38 bits per heavy atom. The molecule has 4 N–H and O–H groups in total. The van der Waals surface area contributed by atoms with Gasteiger partial charge in [-0.3, -0.25) is 9.59 Å². The van der Waals surface area contributed by atoms with Gasteiger partial charge >= 0.3 is 5.97 Å². The van der Waals surface area contributed by atoms with Crippen molar-refractivity contribution in [3.05, 3.63) is 95.4 Å². The lowest BCUT2D eigenvalue weighted by atomic mass is 9.76. The van der Waals surface area contributed by atoms with E-state index in [-0.39, 0.29) is 41.1 Å². The Hall–Kier alpha value is -4.23. The van der Waals surface area contributed by atoms with Gasteiger partial charge in [-0.2, -0.15) is 5.10 Å². The van der Waals surface area contributed by atoms with Gasteiger partial charge in [0.05, 0.1) is 24.2 Å². The molecule has 4 rings (SSSR count). The van der Waals surface area contributed by atoms with Crippen molar-refractivity contribution in [1.29, 1.82) is 0 Å². The first-order valence-electron chi connectivity index (χ1n) is 13.3. The fraction of sp³-hybridized carbons (Fsp3) is 0.281. The van der Waals surface area contributed by atoms with E-state index in [2.05, 4.69) is 55.5 Å². The summed E-state index contributed by atoms with van der Waals surface area (Å²) in [4.78, 5) is 24.4. The molecular formula is C32H36N3O4+. The van der Waals surface area contributed by atoms with Gasteiger partial charge in [0.15, 0.2) is 11.5 Å². The average Bonchev–Trinajstić information content (AvgIpc) is 2.92. The van der Waals surface area contributed by atoms with Gasteiger partial charge in [0.1, 0.15) is 5.69 Å². The molecule has 7 heteroatoms. The quantitative estimate of drug-likeness (QED) is 0.128. The third-order valence-corrected chi connectivity index (χ3v) is 7.00. The number of Topliss-reactive ketones (excluding diaryl/α,β-unsaturated/α-hetero) is 1. The van der Waals surface area contributed by atoms with Crippen LogP contribution in [-0.2, 0) is 15.0 Å². The third-order valence-electron chi connectivity index (χ3n) is 7.00. The maximum absolute atomic E-state index is 13.4. The molecule has 0 saturated carbocycles. The normalized spacial score (nSPS) is 15.1. The highest BCUT2D eigenvalue weighted by atomic mass is 16.4. The number of carboxylic acids is 1. The highest BCUT2D eigenvalue weighted by Gasteiger charge is 2.39. The summed E-state index contributed by atoms with van der Waals surface area (Å²) < 4.78 is 0. The second-order valence-electron chi connectivity index (χ2n) is 10.5. The molecule has 0 bridgehead atoms. The first-order valence-corrected chi connectivity index (χ1v) is 13.3. The van der Waals surface area contributed by atoms with Crippen LogP contribution in [0.3, 0.4) is 0 Å². The molecule has 39 heavy (non-hydrogen) atoms. The van der Waals surface area contributed by atoms with Crippen LogP contribution in [0.1, 0.15) is 52.5 Å². The average molecular weight is 527 g/mol. The zero-order valence-corrected chi connectivity index (χ0v) is 22.9. The standard InChI is InChI=1S/C32H35N3O4/c1-5-33-26-17-16-22-11-9-10-14-24(22)28(26)32(3,4)20-19-25-30(38)29(31(25)39)35(23-12-7-6-8-13-23)34-21(2)15-18-27(36)37/h6-14,16-17,19,33,38H,5,15,18,20H2,1-4H3,(H,36,37)/p+1/b25-19-,34-21+. The number of anilines is 1. The number of hydrazone groups is 1. The number of para-hydroxylation sites is 1. The lowest BCUT2D eigenvalue weighted by Crippen LogP contribution is -2.77. The number of aliphatic carboxylic acids is 1. The van der Waals surface area contributed by atoms with Crippen molar-refractivity contribution in [3.8, 4) is 0 Å². The van der Waals surface area contributed by atoms with Crippen LogP contribution >= 0.6 is 0 Å². The van der Waals surface area contributed by atoms with Gasteiger partial charge in [-0.15, -0.1) is 0 Å². The Bertz CT molecular complexity index is 1490. The number of nitrogens with two attached hydrogens (primary N) is 1. The van der Waals surface area contributed by atoms with Crippen molar-refractivity contribution >= 4 is 39.6 Å². The maximum atomic E-state index is 13.4. The predicted octanol–water partition coefficient (Wildman–Crippen LogP) is 5.75. The molecule has 202 valence electrons. The Kier molecular flexibility index (Phi) is 8.31. The molecule has 0 aromatic heterocycles. The molecular weight excluding hydrogens is 490 g/mol. The summed E-state index contributed by atoms with van der Waals surface area (Å²) in [7, 11) is 0. The lowest BCUT2D eigenvalue weighted by molar-refractivity contribution is -0.568. The first-order chi connectivity index (χ1) is 18.6. The molecule has 0 spiro atoms. The van der Waals surface area contributed by atoms with Crippen molar-refractivity contribution in [2.45, 2.75) is 52.4 Å². The zero-order valence-electron chi connectivity index (χ0n) is 22.9. The Morgan fingerprint density at radius 2 is 1.72 bits per heavy atom. The molecule has 0 atom stereocenters. The highest BCUT2D eigenvalue weighted by molar-refractivity contribution is 6.21. The van der Waals surface area contributed by atoms with Gasteiger partial charge in [0.2, 0.25) is 5.78 Å². The number of carbonyl (C=O) groups is 2. The number of allylic oxidation sites excluding steroid dienone is 3. The molecule has 0 aliphatic heterocycles. The minimum atomic E-state index is -0.920. The number of rotatable bonds is 11. The number of aliphatic hydroxyl groups is 1. The molecule has 0 heterocycles. The second-order valence-corrected chi connectivity index (χ2v) is 10.5. The van der Waals surface area contributed by atoms with Crippen LogP contribution in [0.15, 0.2) is 94.9 Å². The van der Waals surface area contributed by atoms with E-state index in [0.29, 0.717) is 17.8 Å². The highest BCUT2D eigenvalue weighted by Crippen LogP contribution is 2.40. The van der Waals surface area contributed by atoms with Crippen LogP contribution in [0.2, 0.25) is 0 Å². The third kappa shape index (κ3) is 5.94. The fourth-order valence-electron chi connectivity index (χ4n) is 5.00. The van der Waals surface area contributed by atoms with Crippen molar-refractivity contribution in [1.82, 2.24) is 0 Å². The van der Waals surface area contributed by atoms with Crippen molar-refractivity contribution < 1.29 is 25.1 Å². The number of quaternary nitrogens is 1. The van der Waals surface area contributed by atoms with E-state index < -0.39 is 5.97 Å². The van der Waals surface area contributed by atoms with Gasteiger partial charge in [-0.25, -0.2) is 5.01 Å². The van der Waals surface area contributed by atoms with Crippen molar-refractivity contribution in [2.24, 2.45) is 5.10 Å². The van der Waals surface area contributed by atoms with Gasteiger partial charge in [-0.1, -0.05) is 62.4 Å². The minimum absolute atomic E-state index is 0.0667. The molecule has 0 saturated heterocycles. The summed E-state index contributed by atoms with van der Waals surface area (Å²) in [5, 5.41) is 30.6. The van der Waals surface area contributed by atoms with E-state index in [1.807, 2.05) is 36.4 Å². The summed E-state index contributed by atoms with van der Waals surface area (Å²) >= 11 is 0. The molecule has 1 aliphatic carbocycles. The van der Waals surface area contributed by atoms with Crippen LogP contribution in [0.25, 0.3) is 10.8 Å². The Morgan fingerprint density at radius 1 is 1.03 bits per heavy atom. The molecule has 0 unspecified atom stereocenters. The van der Waals surface area contributed by atoms with Crippen LogP contribution in [0.4, 0.5) is 11.4 Å². The fourth-order valence-corrected chi connectivity index (χ4v) is 5.00. The summed E-state index contributed by atoms with van der Waals surface area (Å²) in [6, 6.07) is 21.7. The summed E-state index contributed by atoms with van der Waals surface area (Å²) in [6.45, 7) is 9.07. The van der Waals surface area contributed by atoms with E-state index in [1.54, 1.807) is 19.1 Å². The Balaban J connectivity index is 1.68. The number of aliphatic hydroxyl groups excluding tert-OH is 1. The van der Waals surface area contributed by atoms with Gasteiger partial charge in [-0.05, 0) is 67.1 Å². The van der Waals surface area contributed by atoms with E-state index >= 15 is 0 Å². The van der Waals surface area contributed by atoms with Gasteiger partial charge in [0, 0.05) is 11.3 Å². The van der Waals surface area contributed by atoms with Crippen LogP contribution in [-0.4, -0.2) is 34.2 Å². The maximum Gasteiger partial charge on any atom is 0.303 e. The molecule has 0 amide bonds. The number of hydrogen-bond donors (Lipinski definition) is 3. The lowest BCUT2D eigenvalue weighted by Gasteiger charge is -2.31. The van der Waals surface area contributed by atoms with E-state index in [4.69, 9.17) is 5.11 Å². The SMILES string of the molecule is CC[NH2+]c1ccc2ccccc2c1C(C)(C)C/C=C1\C(=O)C(N(/N=C(\C)CCC(=O)O)c2ccccc2)=C1O.